The van der Waals surface area contributed by atoms with Crippen LogP contribution in [0, 0.1) is 0 Å². The Morgan fingerprint density at radius 3 is 2.61 bits per heavy atom. The van der Waals surface area contributed by atoms with Gasteiger partial charge in [-0.05, 0) is 35.9 Å². The Labute approximate surface area is 172 Å². The van der Waals surface area contributed by atoms with E-state index < -0.39 is 11.1 Å². The summed E-state index contributed by atoms with van der Waals surface area (Å²) in [5, 5.41) is 3.77. The largest absolute Gasteiger partial charge is 0.321 e. The predicted molar refractivity (Wildman–Crippen MR) is 113 cm³/mol. The lowest BCUT2D eigenvalue weighted by atomic mass is 10.1. The highest BCUT2D eigenvalue weighted by molar-refractivity contribution is 7.79. The van der Waals surface area contributed by atoms with Gasteiger partial charge in [-0.3, -0.25) is 4.79 Å². The number of carbonyl (C=O) groups excluding carboxylic acids is 1. The smallest absolute Gasteiger partial charge is 0.265 e. The fourth-order valence-corrected chi connectivity index (χ4v) is 4.40. The molecule has 0 radical (unpaired) electrons. The van der Waals surface area contributed by atoms with Crippen LogP contribution in [0.4, 0.5) is 5.69 Å². The number of anilines is 1. The van der Waals surface area contributed by atoms with Crippen LogP contribution in [0.15, 0.2) is 71.8 Å². The number of thiophene rings is 1. The van der Waals surface area contributed by atoms with Crippen molar-refractivity contribution in [3.05, 3.63) is 76.8 Å². The maximum absolute atomic E-state index is 12.6. The Bertz CT molecular complexity index is 1210. The first-order valence-electron chi connectivity index (χ1n) is 8.18. The highest BCUT2D eigenvalue weighted by Gasteiger charge is 2.14. The molecule has 28 heavy (non-hydrogen) atoms. The summed E-state index contributed by atoms with van der Waals surface area (Å²) in [4.78, 5) is 18.4. The summed E-state index contributed by atoms with van der Waals surface area (Å²) in [7, 11) is 0. The number of carbonyl (C=O) groups is 1. The van der Waals surface area contributed by atoms with Crippen LogP contribution >= 0.6 is 22.9 Å². The van der Waals surface area contributed by atoms with Crippen LogP contribution in [0.25, 0.3) is 21.3 Å². The molecule has 0 aliphatic heterocycles. The van der Waals surface area contributed by atoms with Crippen LogP contribution < -0.4 is 5.32 Å². The number of halogens is 1. The van der Waals surface area contributed by atoms with Gasteiger partial charge in [-0.2, -0.15) is 0 Å². The van der Waals surface area contributed by atoms with E-state index in [0.29, 0.717) is 10.6 Å². The van der Waals surface area contributed by atoms with Gasteiger partial charge in [0.1, 0.15) is 4.83 Å². The fourth-order valence-electron chi connectivity index (χ4n) is 2.74. The zero-order valence-electron chi connectivity index (χ0n) is 14.3. The number of nitrogens with one attached hydrogen (secondary N) is 1. The Kier molecular flexibility index (Phi) is 5.23. The first-order chi connectivity index (χ1) is 13.5. The SMILES string of the molecule is O=C(Nc1ccc(Cl)c(S(=O)O)c1)c1cc2cc(-c3ccccc3)cnc2s1. The Morgan fingerprint density at radius 1 is 1.07 bits per heavy atom. The molecule has 1 amide bonds. The minimum Gasteiger partial charge on any atom is -0.321 e. The minimum absolute atomic E-state index is 0.0463. The van der Waals surface area contributed by atoms with Crippen molar-refractivity contribution in [1.29, 1.82) is 0 Å². The number of hydrogen-bond acceptors (Lipinski definition) is 4. The summed E-state index contributed by atoms with van der Waals surface area (Å²) in [5.74, 6) is -0.318. The van der Waals surface area contributed by atoms with Crippen molar-refractivity contribution in [2.45, 2.75) is 4.90 Å². The predicted octanol–water partition coefficient (Wildman–Crippen LogP) is 5.45. The zero-order valence-corrected chi connectivity index (χ0v) is 16.6. The monoisotopic (exact) mass is 428 g/mol. The van der Waals surface area contributed by atoms with E-state index in [4.69, 9.17) is 11.6 Å². The van der Waals surface area contributed by atoms with Gasteiger partial charge in [-0.1, -0.05) is 41.9 Å². The zero-order chi connectivity index (χ0) is 19.7. The Balaban J connectivity index is 1.61. The molecule has 140 valence electrons. The third-order valence-corrected chi connectivity index (χ3v) is 6.29. The van der Waals surface area contributed by atoms with E-state index in [1.165, 1.54) is 23.5 Å². The number of rotatable bonds is 4. The molecule has 0 bridgehead atoms. The topological polar surface area (TPSA) is 79.3 Å². The standard InChI is InChI=1S/C20H13ClN2O3S2/c21-16-7-6-15(10-18(16)28(25)26)23-19(24)17-9-13-8-14(11-22-20(13)27-17)12-4-2-1-3-5-12/h1-11H,(H,23,24)(H,25,26). The molecule has 2 N–H and O–H groups in total. The highest BCUT2D eigenvalue weighted by atomic mass is 35.5. The maximum Gasteiger partial charge on any atom is 0.265 e. The first kappa shape index (κ1) is 18.8. The van der Waals surface area contributed by atoms with E-state index in [-0.39, 0.29) is 15.8 Å². The summed E-state index contributed by atoms with van der Waals surface area (Å²) in [6, 6.07) is 18.1. The van der Waals surface area contributed by atoms with Crippen LogP contribution in [-0.4, -0.2) is 19.7 Å². The number of benzene rings is 2. The summed E-state index contributed by atoms with van der Waals surface area (Å²) in [5.41, 5.74) is 2.42. The van der Waals surface area contributed by atoms with Crippen molar-refractivity contribution in [3.63, 3.8) is 0 Å². The molecule has 2 aromatic heterocycles. The van der Waals surface area contributed by atoms with Gasteiger partial charge in [0.05, 0.1) is 14.8 Å². The van der Waals surface area contributed by atoms with E-state index in [2.05, 4.69) is 10.3 Å². The van der Waals surface area contributed by atoms with Gasteiger partial charge >= 0.3 is 0 Å². The average molecular weight is 429 g/mol. The minimum atomic E-state index is -2.23. The number of amides is 1. The van der Waals surface area contributed by atoms with Crippen molar-refractivity contribution in [2.75, 3.05) is 5.32 Å². The number of aromatic nitrogens is 1. The molecule has 2 aromatic carbocycles. The number of pyridine rings is 1. The van der Waals surface area contributed by atoms with Crippen LogP contribution in [0.1, 0.15) is 9.67 Å². The third kappa shape index (κ3) is 3.83. The Morgan fingerprint density at radius 2 is 1.86 bits per heavy atom. The van der Waals surface area contributed by atoms with Crippen LogP contribution in [0.5, 0.6) is 0 Å². The van der Waals surface area contributed by atoms with E-state index in [9.17, 15) is 13.6 Å². The second kappa shape index (κ2) is 7.81. The molecule has 0 fully saturated rings. The molecule has 0 saturated carbocycles. The first-order valence-corrected chi connectivity index (χ1v) is 10.5. The maximum atomic E-state index is 12.6. The summed E-state index contributed by atoms with van der Waals surface area (Å²) >= 11 is 4.94. The Hall–Kier alpha value is -2.58. The lowest BCUT2D eigenvalue weighted by molar-refractivity contribution is 0.103. The van der Waals surface area contributed by atoms with Gasteiger partial charge in [0.15, 0.2) is 11.1 Å². The van der Waals surface area contributed by atoms with Crippen LogP contribution in [0.2, 0.25) is 5.02 Å². The van der Waals surface area contributed by atoms with Crippen molar-refractivity contribution in [3.8, 4) is 11.1 Å². The molecule has 4 rings (SSSR count). The van der Waals surface area contributed by atoms with Gasteiger partial charge in [0, 0.05) is 22.8 Å². The van der Waals surface area contributed by atoms with Gasteiger partial charge in [0.25, 0.3) is 5.91 Å². The number of nitrogens with zero attached hydrogens (tertiary/aromatic N) is 1. The molecule has 0 aliphatic rings. The van der Waals surface area contributed by atoms with E-state index in [0.717, 1.165) is 21.3 Å². The summed E-state index contributed by atoms with van der Waals surface area (Å²) < 4.78 is 20.6. The van der Waals surface area contributed by atoms with Crippen LogP contribution in [0.3, 0.4) is 0 Å². The third-order valence-electron chi connectivity index (χ3n) is 4.08. The molecule has 0 spiro atoms. The quantitative estimate of drug-likeness (QED) is 0.423. The van der Waals surface area contributed by atoms with Crippen molar-refractivity contribution in [1.82, 2.24) is 4.98 Å². The normalized spacial score (nSPS) is 12.1. The molecule has 2 heterocycles. The molecule has 5 nitrogen and oxygen atoms in total. The van der Waals surface area contributed by atoms with Gasteiger partial charge < -0.3 is 9.87 Å². The molecule has 0 saturated heterocycles. The van der Waals surface area contributed by atoms with E-state index >= 15 is 0 Å². The second-order valence-electron chi connectivity index (χ2n) is 5.94. The summed E-state index contributed by atoms with van der Waals surface area (Å²) in [6.45, 7) is 0. The van der Waals surface area contributed by atoms with E-state index in [1.54, 1.807) is 18.3 Å². The number of hydrogen-bond donors (Lipinski definition) is 2. The molecule has 4 aromatic rings. The average Bonchev–Trinajstić information content (AvgIpc) is 3.13. The van der Waals surface area contributed by atoms with E-state index in [1.807, 2.05) is 36.4 Å². The molecular weight excluding hydrogens is 416 g/mol. The molecular formula is C20H13ClN2O3S2. The lowest BCUT2D eigenvalue weighted by Gasteiger charge is -2.06. The van der Waals surface area contributed by atoms with Crippen molar-refractivity contribution < 1.29 is 13.6 Å². The number of fused-ring (bicyclic) bond motifs is 1. The van der Waals surface area contributed by atoms with Gasteiger partial charge in [0.2, 0.25) is 0 Å². The molecule has 0 aliphatic carbocycles. The van der Waals surface area contributed by atoms with Gasteiger partial charge in [-0.25, -0.2) is 9.19 Å². The van der Waals surface area contributed by atoms with Crippen molar-refractivity contribution in [2.24, 2.45) is 0 Å². The van der Waals surface area contributed by atoms with Crippen LogP contribution in [-0.2, 0) is 11.1 Å². The highest BCUT2D eigenvalue weighted by Crippen LogP contribution is 2.29. The molecule has 8 heteroatoms. The summed E-state index contributed by atoms with van der Waals surface area (Å²) in [6.07, 6.45) is 1.79. The molecule has 1 unspecified atom stereocenters. The fraction of sp³-hybridized carbons (Fsp3) is 0. The molecule has 1 atom stereocenters. The second-order valence-corrected chi connectivity index (χ2v) is 8.32. The van der Waals surface area contributed by atoms with Crippen molar-refractivity contribution >= 4 is 55.8 Å². The van der Waals surface area contributed by atoms with Gasteiger partial charge in [-0.15, -0.1) is 11.3 Å². The lowest BCUT2D eigenvalue weighted by Crippen LogP contribution is -2.10.